The zero-order chi connectivity index (χ0) is 12.8. The van der Waals surface area contributed by atoms with Gasteiger partial charge in [-0.2, -0.15) is 0 Å². The molecule has 0 saturated heterocycles. The predicted octanol–water partition coefficient (Wildman–Crippen LogP) is 5.27. The highest BCUT2D eigenvalue weighted by Gasteiger charge is 2.03. The minimum Gasteiger partial charge on any atom is -0.393 e. The molecule has 0 bridgehead atoms. The van der Waals surface area contributed by atoms with Crippen LogP contribution in [0.15, 0.2) is 0 Å². The maximum absolute atomic E-state index is 9.80. The van der Waals surface area contributed by atoms with Gasteiger partial charge in [0.15, 0.2) is 0 Å². The quantitative estimate of drug-likeness (QED) is 0.435. The SMILES string of the molecule is [CH2]CCCCCCC(O)CCCCCCCC. The molecule has 0 heterocycles. The number of hydrogen-bond acceptors (Lipinski definition) is 1. The first kappa shape index (κ1) is 17.0. The summed E-state index contributed by atoms with van der Waals surface area (Å²) in [5, 5.41) is 9.80. The third-order valence-electron chi connectivity index (χ3n) is 3.43. The molecule has 0 spiro atoms. The molecule has 0 rings (SSSR count). The van der Waals surface area contributed by atoms with Gasteiger partial charge in [-0.1, -0.05) is 84.5 Å². The summed E-state index contributed by atoms with van der Waals surface area (Å²) in [6, 6.07) is 0. The van der Waals surface area contributed by atoms with Gasteiger partial charge >= 0.3 is 0 Å². The maximum atomic E-state index is 9.80. The molecular formula is C16H33O. The fraction of sp³-hybridized carbons (Fsp3) is 0.938. The van der Waals surface area contributed by atoms with Crippen molar-refractivity contribution < 1.29 is 5.11 Å². The van der Waals surface area contributed by atoms with Crippen LogP contribution in [0.2, 0.25) is 0 Å². The first-order valence-electron chi connectivity index (χ1n) is 7.78. The second-order valence-electron chi connectivity index (χ2n) is 5.27. The highest BCUT2D eigenvalue weighted by atomic mass is 16.3. The Balaban J connectivity index is 3.09. The minimum absolute atomic E-state index is 0.0408. The van der Waals surface area contributed by atoms with E-state index in [2.05, 4.69) is 13.8 Å². The molecule has 0 aliphatic heterocycles. The lowest BCUT2D eigenvalue weighted by atomic mass is 10.0. The second-order valence-corrected chi connectivity index (χ2v) is 5.27. The zero-order valence-corrected chi connectivity index (χ0v) is 11.9. The molecule has 0 aliphatic carbocycles. The van der Waals surface area contributed by atoms with Crippen LogP contribution < -0.4 is 0 Å². The molecule has 103 valence electrons. The van der Waals surface area contributed by atoms with Crippen LogP contribution in [-0.2, 0) is 0 Å². The standard InChI is InChI=1S/C16H33O/c1-3-5-7-9-11-13-15-16(17)14-12-10-8-6-4-2/h16-17H,2-15H2,1H3. The molecule has 1 unspecified atom stereocenters. The fourth-order valence-corrected chi connectivity index (χ4v) is 2.21. The highest BCUT2D eigenvalue weighted by Crippen LogP contribution is 2.13. The van der Waals surface area contributed by atoms with E-state index in [1.165, 1.54) is 64.2 Å². The molecule has 0 fully saturated rings. The molecule has 0 aliphatic rings. The van der Waals surface area contributed by atoms with E-state index in [-0.39, 0.29) is 6.10 Å². The van der Waals surface area contributed by atoms with E-state index in [0.717, 1.165) is 19.3 Å². The second kappa shape index (κ2) is 14.0. The lowest BCUT2D eigenvalue weighted by molar-refractivity contribution is 0.147. The normalized spacial score (nSPS) is 12.9. The summed E-state index contributed by atoms with van der Waals surface area (Å²) in [5.74, 6) is 0. The van der Waals surface area contributed by atoms with Crippen molar-refractivity contribution in [2.24, 2.45) is 0 Å². The summed E-state index contributed by atoms with van der Waals surface area (Å²) in [7, 11) is 0. The minimum atomic E-state index is -0.0408. The first-order valence-corrected chi connectivity index (χ1v) is 7.78. The molecule has 1 radical (unpaired) electrons. The third-order valence-corrected chi connectivity index (χ3v) is 3.43. The summed E-state index contributed by atoms with van der Waals surface area (Å²) in [4.78, 5) is 0. The molecule has 1 heteroatoms. The Morgan fingerprint density at radius 1 is 0.765 bits per heavy atom. The highest BCUT2D eigenvalue weighted by molar-refractivity contribution is 4.57. The van der Waals surface area contributed by atoms with Crippen molar-refractivity contribution in [3.8, 4) is 0 Å². The van der Waals surface area contributed by atoms with Crippen LogP contribution in [0.5, 0.6) is 0 Å². The lowest BCUT2D eigenvalue weighted by Crippen LogP contribution is -2.05. The number of aliphatic hydroxyl groups excluding tert-OH is 1. The Hall–Kier alpha value is -0.0400. The van der Waals surface area contributed by atoms with E-state index in [9.17, 15) is 5.11 Å². The van der Waals surface area contributed by atoms with Crippen molar-refractivity contribution in [2.45, 2.75) is 96.5 Å². The molecule has 0 aromatic rings. The average molecular weight is 241 g/mol. The Bertz CT molecular complexity index is 133. The Kier molecular flexibility index (Phi) is 14.0. The van der Waals surface area contributed by atoms with Gasteiger partial charge in [0.25, 0.3) is 0 Å². The largest absolute Gasteiger partial charge is 0.393 e. The van der Waals surface area contributed by atoms with Crippen molar-refractivity contribution >= 4 is 0 Å². The van der Waals surface area contributed by atoms with Crippen molar-refractivity contribution in [1.82, 2.24) is 0 Å². The van der Waals surface area contributed by atoms with Gasteiger partial charge in [0.1, 0.15) is 0 Å². The number of rotatable bonds is 13. The monoisotopic (exact) mass is 241 g/mol. The molecule has 1 nitrogen and oxygen atoms in total. The smallest absolute Gasteiger partial charge is 0.0540 e. The van der Waals surface area contributed by atoms with E-state index in [0.29, 0.717) is 0 Å². The van der Waals surface area contributed by atoms with Crippen LogP contribution in [0.4, 0.5) is 0 Å². The first-order chi connectivity index (χ1) is 8.31. The zero-order valence-electron chi connectivity index (χ0n) is 11.9. The van der Waals surface area contributed by atoms with Gasteiger partial charge in [-0.3, -0.25) is 0 Å². The van der Waals surface area contributed by atoms with Crippen LogP contribution in [0.1, 0.15) is 90.4 Å². The Labute approximate surface area is 109 Å². The van der Waals surface area contributed by atoms with E-state index in [4.69, 9.17) is 0 Å². The van der Waals surface area contributed by atoms with Crippen LogP contribution in [-0.4, -0.2) is 11.2 Å². The number of aliphatic hydroxyl groups is 1. The van der Waals surface area contributed by atoms with Crippen molar-refractivity contribution in [2.75, 3.05) is 0 Å². The molecular weight excluding hydrogens is 208 g/mol. The van der Waals surface area contributed by atoms with E-state index in [1.54, 1.807) is 0 Å². The average Bonchev–Trinajstić information content (AvgIpc) is 2.33. The Morgan fingerprint density at radius 3 is 1.76 bits per heavy atom. The number of hydrogen-bond donors (Lipinski definition) is 1. The van der Waals surface area contributed by atoms with Gasteiger partial charge in [0.2, 0.25) is 0 Å². The summed E-state index contributed by atoms with van der Waals surface area (Å²) in [6.07, 6.45) is 15.9. The summed E-state index contributed by atoms with van der Waals surface area (Å²) in [6.45, 7) is 6.09. The lowest BCUT2D eigenvalue weighted by Gasteiger charge is -2.10. The molecule has 1 N–H and O–H groups in total. The molecule has 0 aromatic carbocycles. The van der Waals surface area contributed by atoms with E-state index in [1.807, 2.05) is 0 Å². The van der Waals surface area contributed by atoms with Crippen LogP contribution >= 0.6 is 0 Å². The maximum Gasteiger partial charge on any atom is 0.0540 e. The number of unbranched alkanes of at least 4 members (excludes halogenated alkanes) is 9. The topological polar surface area (TPSA) is 20.2 Å². The van der Waals surface area contributed by atoms with E-state index < -0.39 is 0 Å². The summed E-state index contributed by atoms with van der Waals surface area (Å²) in [5.41, 5.74) is 0. The van der Waals surface area contributed by atoms with Gasteiger partial charge in [0.05, 0.1) is 6.10 Å². The van der Waals surface area contributed by atoms with Crippen molar-refractivity contribution in [3.05, 3.63) is 6.92 Å². The third kappa shape index (κ3) is 13.9. The van der Waals surface area contributed by atoms with Gasteiger partial charge in [-0.25, -0.2) is 0 Å². The van der Waals surface area contributed by atoms with Crippen molar-refractivity contribution in [3.63, 3.8) is 0 Å². The van der Waals surface area contributed by atoms with E-state index >= 15 is 0 Å². The van der Waals surface area contributed by atoms with Crippen LogP contribution in [0.25, 0.3) is 0 Å². The van der Waals surface area contributed by atoms with Gasteiger partial charge in [-0.05, 0) is 12.8 Å². The van der Waals surface area contributed by atoms with Crippen LogP contribution in [0, 0.1) is 6.92 Å². The molecule has 1 atom stereocenters. The molecule has 0 aromatic heterocycles. The molecule has 0 amide bonds. The molecule has 17 heavy (non-hydrogen) atoms. The van der Waals surface area contributed by atoms with Gasteiger partial charge in [0, 0.05) is 0 Å². The van der Waals surface area contributed by atoms with Gasteiger partial charge in [-0.15, -0.1) is 0 Å². The van der Waals surface area contributed by atoms with Crippen molar-refractivity contribution in [1.29, 1.82) is 0 Å². The van der Waals surface area contributed by atoms with Gasteiger partial charge < -0.3 is 5.11 Å². The molecule has 0 saturated carbocycles. The predicted molar refractivity (Wildman–Crippen MR) is 77.1 cm³/mol. The van der Waals surface area contributed by atoms with Crippen LogP contribution in [0.3, 0.4) is 0 Å². The Morgan fingerprint density at radius 2 is 1.24 bits per heavy atom. The summed E-state index contributed by atoms with van der Waals surface area (Å²) < 4.78 is 0. The fourth-order valence-electron chi connectivity index (χ4n) is 2.21. The summed E-state index contributed by atoms with van der Waals surface area (Å²) >= 11 is 0.